The number of benzene rings is 2. The molecule has 0 bridgehead atoms. The van der Waals surface area contributed by atoms with Crippen LogP contribution in [0.3, 0.4) is 0 Å². The largest absolute Gasteiger partial charge is 0.324 e. The predicted molar refractivity (Wildman–Crippen MR) is 89.2 cm³/mol. The lowest BCUT2D eigenvalue weighted by atomic mass is 9.85. The average Bonchev–Trinajstić information content (AvgIpc) is 2.47. The van der Waals surface area contributed by atoms with Gasteiger partial charge in [0, 0.05) is 16.5 Å². The third kappa shape index (κ3) is 3.16. The van der Waals surface area contributed by atoms with Gasteiger partial charge in [0.25, 0.3) is 0 Å². The van der Waals surface area contributed by atoms with Crippen molar-refractivity contribution in [3.63, 3.8) is 0 Å². The second kappa shape index (κ2) is 7.10. The van der Waals surface area contributed by atoms with E-state index in [0.29, 0.717) is 5.92 Å². The van der Waals surface area contributed by atoms with Crippen LogP contribution in [-0.2, 0) is 0 Å². The van der Waals surface area contributed by atoms with Gasteiger partial charge < -0.3 is 5.73 Å². The summed E-state index contributed by atoms with van der Waals surface area (Å²) in [5.41, 5.74) is 7.82. The fourth-order valence-electron chi connectivity index (χ4n) is 3.08. The molecule has 2 aromatic rings. The Morgan fingerprint density at radius 3 is 2.15 bits per heavy atom. The Kier molecular flexibility index (Phi) is 5.45. The maximum atomic E-state index is 6.58. The summed E-state index contributed by atoms with van der Waals surface area (Å²) in [6.45, 7) is 4.46. The molecule has 0 aliphatic rings. The molecule has 0 heterocycles. The van der Waals surface area contributed by atoms with Gasteiger partial charge in [0.2, 0.25) is 0 Å². The van der Waals surface area contributed by atoms with Crippen molar-refractivity contribution in [1.82, 2.24) is 0 Å². The minimum atomic E-state index is 0.0945. The first kappa shape index (κ1) is 15.3. The third-order valence-electron chi connectivity index (χ3n) is 4.09. The fourth-order valence-corrected chi connectivity index (χ4v) is 3.30. The summed E-state index contributed by atoms with van der Waals surface area (Å²) in [7, 11) is 0. The number of hydrogen-bond donors (Lipinski definition) is 1. The molecule has 1 unspecified atom stereocenters. The van der Waals surface area contributed by atoms with Crippen LogP contribution < -0.4 is 5.73 Å². The summed E-state index contributed by atoms with van der Waals surface area (Å²) in [5.74, 6) is 0.551. The highest BCUT2D eigenvalue weighted by Gasteiger charge is 2.20. The van der Waals surface area contributed by atoms with Crippen molar-refractivity contribution in [3.8, 4) is 0 Å². The predicted octanol–water partition coefficient (Wildman–Crippen LogP) is 5.71. The molecule has 2 heteroatoms. The number of halogens is 1. The van der Waals surface area contributed by atoms with Gasteiger partial charge in [-0.2, -0.15) is 0 Å². The average molecular weight is 290 g/mol. The van der Waals surface area contributed by atoms with E-state index in [1.54, 1.807) is 0 Å². The highest BCUT2D eigenvalue weighted by atomic mass is 35.5. The lowest BCUT2D eigenvalue weighted by molar-refractivity contribution is 0.370. The van der Waals surface area contributed by atoms with Gasteiger partial charge >= 0.3 is 0 Å². The molecule has 0 spiro atoms. The zero-order chi connectivity index (χ0) is 14.5. The van der Waals surface area contributed by atoms with Crippen LogP contribution in [0.15, 0.2) is 36.4 Å². The van der Waals surface area contributed by atoms with Gasteiger partial charge in [-0.3, -0.25) is 0 Å². The monoisotopic (exact) mass is 289 g/mol. The van der Waals surface area contributed by atoms with E-state index in [0.717, 1.165) is 10.4 Å². The highest BCUT2D eigenvalue weighted by Crippen LogP contribution is 2.34. The molecular weight excluding hydrogens is 266 g/mol. The first-order valence-corrected chi connectivity index (χ1v) is 7.99. The minimum Gasteiger partial charge on any atom is -0.324 e. The van der Waals surface area contributed by atoms with Crippen molar-refractivity contribution in [2.75, 3.05) is 0 Å². The van der Waals surface area contributed by atoms with Gasteiger partial charge in [0.15, 0.2) is 0 Å². The van der Waals surface area contributed by atoms with Crippen LogP contribution >= 0.6 is 11.6 Å². The van der Waals surface area contributed by atoms with E-state index in [4.69, 9.17) is 17.3 Å². The number of fused-ring (bicyclic) bond motifs is 1. The van der Waals surface area contributed by atoms with Gasteiger partial charge in [-0.05, 0) is 35.8 Å². The van der Waals surface area contributed by atoms with Crippen molar-refractivity contribution < 1.29 is 0 Å². The Morgan fingerprint density at radius 1 is 0.950 bits per heavy atom. The molecule has 0 saturated carbocycles. The summed E-state index contributed by atoms with van der Waals surface area (Å²) < 4.78 is 0. The molecular formula is C18H24ClN. The van der Waals surface area contributed by atoms with E-state index >= 15 is 0 Å². The van der Waals surface area contributed by atoms with Crippen LogP contribution in [-0.4, -0.2) is 0 Å². The first-order chi connectivity index (χ1) is 9.69. The summed E-state index contributed by atoms with van der Waals surface area (Å²) in [5, 5.41) is 3.11. The Balaban J connectivity index is 2.43. The van der Waals surface area contributed by atoms with Crippen molar-refractivity contribution >= 4 is 22.4 Å². The summed E-state index contributed by atoms with van der Waals surface area (Å²) >= 11 is 6.29. The molecule has 0 amide bonds. The third-order valence-corrected chi connectivity index (χ3v) is 4.42. The van der Waals surface area contributed by atoms with Crippen LogP contribution in [0.1, 0.15) is 51.1 Å². The quantitative estimate of drug-likeness (QED) is 0.724. The van der Waals surface area contributed by atoms with E-state index in [1.165, 1.54) is 36.6 Å². The number of nitrogens with two attached hydrogens (primary N) is 1. The highest BCUT2D eigenvalue weighted by molar-refractivity contribution is 6.35. The number of hydrogen-bond acceptors (Lipinski definition) is 1. The second-order valence-electron chi connectivity index (χ2n) is 5.55. The Morgan fingerprint density at radius 2 is 1.55 bits per heavy atom. The standard InChI is InChI=1S/C18H24ClN/c1-3-7-13(8-4-2)18(20)16-11-12-17(19)15-10-6-5-9-14(15)16/h5-6,9-13,18H,3-4,7-8,20H2,1-2H3. The van der Waals surface area contributed by atoms with E-state index in [9.17, 15) is 0 Å². The fraction of sp³-hybridized carbons (Fsp3) is 0.444. The van der Waals surface area contributed by atoms with E-state index in [1.807, 2.05) is 12.1 Å². The molecule has 108 valence electrons. The maximum Gasteiger partial charge on any atom is 0.0484 e. The Labute approximate surface area is 127 Å². The van der Waals surface area contributed by atoms with Crippen LogP contribution in [0.2, 0.25) is 5.02 Å². The van der Waals surface area contributed by atoms with Crippen molar-refractivity contribution in [3.05, 3.63) is 47.0 Å². The van der Waals surface area contributed by atoms with E-state index < -0.39 is 0 Å². The molecule has 0 aromatic heterocycles. The van der Waals surface area contributed by atoms with Gasteiger partial charge in [0.05, 0.1) is 0 Å². The Hall–Kier alpha value is -1.05. The lowest BCUT2D eigenvalue weighted by Crippen LogP contribution is -2.21. The molecule has 0 fully saturated rings. The summed E-state index contributed by atoms with van der Waals surface area (Å²) in [6, 6.07) is 12.5. The van der Waals surface area contributed by atoms with Gasteiger partial charge in [-0.1, -0.05) is 68.6 Å². The number of rotatable bonds is 6. The normalized spacial score (nSPS) is 13.1. The topological polar surface area (TPSA) is 26.0 Å². The van der Waals surface area contributed by atoms with Crippen LogP contribution in [0.4, 0.5) is 0 Å². The van der Waals surface area contributed by atoms with Crippen LogP contribution in [0, 0.1) is 5.92 Å². The Bertz CT molecular complexity index is 558. The molecule has 2 aromatic carbocycles. The summed E-state index contributed by atoms with van der Waals surface area (Å²) in [4.78, 5) is 0. The molecule has 1 atom stereocenters. The molecule has 2 rings (SSSR count). The molecule has 2 N–H and O–H groups in total. The zero-order valence-electron chi connectivity index (χ0n) is 12.4. The van der Waals surface area contributed by atoms with Gasteiger partial charge in [0.1, 0.15) is 0 Å². The van der Waals surface area contributed by atoms with Crippen molar-refractivity contribution in [2.45, 2.75) is 45.6 Å². The van der Waals surface area contributed by atoms with Crippen LogP contribution in [0.25, 0.3) is 10.8 Å². The van der Waals surface area contributed by atoms with Gasteiger partial charge in [-0.25, -0.2) is 0 Å². The van der Waals surface area contributed by atoms with E-state index in [-0.39, 0.29) is 6.04 Å². The lowest BCUT2D eigenvalue weighted by Gasteiger charge is -2.25. The molecule has 0 saturated heterocycles. The SMILES string of the molecule is CCCC(CCC)C(N)c1ccc(Cl)c2ccccc12. The van der Waals surface area contributed by atoms with Crippen LogP contribution in [0.5, 0.6) is 0 Å². The smallest absolute Gasteiger partial charge is 0.0484 e. The van der Waals surface area contributed by atoms with Gasteiger partial charge in [-0.15, -0.1) is 0 Å². The molecule has 1 nitrogen and oxygen atoms in total. The molecule has 20 heavy (non-hydrogen) atoms. The van der Waals surface area contributed by atoms with Crippen molar-refractivity contribution in [2.24, 2.45) is 11.7 Å². The minimum absolute atomic E-state index is 0.0945. The first-order valence-electron chi connectivity index (χ1n) is 7.61. The summed E-state index contributed by atoms with van der Waals surface area (Å²) in [6.07, 6.45) is 4.74. The van der Waals surface area contributed by atoms with Crippen molar-refractivity contribution in [1.29, 1.82) is 0 Å². The maximum absolute atomic E-state index is 6.58. The molecule has 0 radical (unpaired) electrons. The second-order valence-corrected chi connectivity index (χ2v) is 5.95. The molecule has 0 aliphatic carbocycles. The van der Waals surface area contributed by atoms with E-state index in [2.05, 4.69) is 38.1 Å². The molecule has 0 aliphatic heterocycles. The zero-order valence-corrected chi connectivity index (χ0v) is 13.2.